The summed E-state index contributed by atoms with van der Waals surface area (Å²) in [6.07, 6.45) is 0.462. The number of thiazole rings is 1. The second kappa shape index (κ2) is 5.87. The molecule has 0 spiro atoms. The number of benzene rings is 2. The van der Waals surface area contributed by atoms with Gasteiger partial charge >= 0.3 is 0 Å². The van der Waals surface area contributed by atoms with E-state index in [1.807, 2.05) is 35.2 Å². The molecular formula is C20H18N2OS. The molecule has 0 unspecified atom stereocenters. The van der Waals surface area contributed by atoms with Gasteiger partial charge in [0.1, 0.15) is 5.01 Å². The van der Waals surface area contributed by atoms with Crippen LogP contribution in [-0.4, -0.2) is 16.9 Å². The van der Waals surface area contributed by atoms with Crippen LogP contribution in [0.15, 0.2) is 53.9 Å². The van der Waals surface area contributed by atoms with E-state index in [0.29, 0.717) is 6.42 Å². The van der Waals surface area contributed by atoms with Crippen molar-refractivity contribution in [1.29, 1.82) is 0 Å². The maximum atomic E-state index is 12.4. The fraction of sp³-hybridized carbons (Fsp3) is 0.200. The molecule has 1 amide bonds. The number of rotatable bonds is 3. The van der Waals surface area contributed by atoms with Gasteiger partial charge in [-0.2, -0.15) is 0 Å². The summed E-state index contributed by atoms with van der Waals surface area (Å²) in [6, 6.07) is 16.5. The summed E-state index contributed by atoms with van der Waals surface area (Å²) < 4.78 is 0. The molecule has 1 aromatic heterocycles. The molecule has 0 aliphatic carbocycles. The first-order chi connectivity index (χ1) is 11.6. The predicted molar refractivity (Wildman–Crippen MR) is 99.3 cm³/mol. The van der Waals surface area contributed by atoms with Crippen LogP contribution >= 0.6 is 11.3 Å². The molecule has 0 N–H and O–H groups in total. The minimum atomic E-state index is 0.171. The molecule has 1 aliphatic heterocycles. The van der Waals surface area contributed by atoms with Gasteiger partial charge in [-0.3, -0.25) is 4.79 Å². The van der Waals surface area contributed by atoms with Crippen molar-refractivity contribution in [3.8, 4) is 21.8 Å². The first kappa shape index (κ1) is 15.1. The van der Waals surface area contributed by atoms with Gasteiger partial charge in [-0.05, 0) is 25.5 Å². The minimum Gasteiger partial charge on any atom is -0.309 e. The summed E-state index contributed by atoms with van der Waals surface area (Å²) in [7, 11) is 0. The number of anilines is 1. The second-order valence-corrected chi connectivity index (χ2v) is 7.10. The maximum Gasteiger partial charge on any atom is 0.231 e. The van der Waals surface area contributed by atoms with E-state index in [9.17, 15) is 4.79 Å². The largest absolute Gasteiger partial charge is 0.309 e. The zero-order chi connectivity index (χ0) is 16.7. The van der Waals surface area contributed by atoms with Gasteiger partial charge in [-0.1, -0.05) is 42.5 Å². The van der Waals surface area contributed by atoms with Crippen LogP contribution in [0.4, 0.5) is 5.69 Å². The molecule has 0 saturated heterocycles. The zero-order valence-electron chi connectivity index (χ0n) is 13.7. The summed E-state index contributed by atoms with van der Waals surface area (Å²) >= 11 is 1.63. The average Bonchev–Trinajstić information content (AvgIpc) is 3.19. The highest BCUT2D eigenvalue weighted by atomic mass is 32.1. The Kier molecular flexibility index (Phi) is 3.69. The van der Waals surface area contributed by atoms with Gasteiger partial charge in [0.2, 0.25) is 5.91 Å². The van der Waals surface area contributed by atoms with E-state index >= 15 is 0 Å². The van der Waals surface area contributed by atoms with Crippen LogP contribution in [0.25, 0.3) is 21.8 Å². The molecule has 0 bridgehead atoms. The maximum absolute atomic E-state index is 12.4. The van der Waals surface area contributed by atoms with Crippen LogP contribution in [0.2, 0.25) is 0 Å². The summed E-state index contributed by atoms with van der Waals surface area (Å²) in [6.45, 7) is 4.10. The molecule has 0 atom stereocenters. The summed E-state index contributed by atoms with van der Waals surface area (Å²) in [4.78, 5) is 19.1. The number of amides is 1. The molecule has 1 aliphatic rings. The van der Waals surface area contributed by atoms with Crippen LogP contribution < -0.4 is 4.90 Å². The topological polar surface area (TPSA) is 33.2 Å². The number of nitrogens with zero attached hydrogens (tertiary/aromatic N) is 2. The average molecular weight is 334 g/mol. The molecule has 2 heterocycles. The van der Waals surface area contributed by atoms with Crippen molar-refractivity contribution in [2.75, 3.05) is 4.90 Å². The number of hydrogen-bond acceptors (Lipinski definition) is 3. The van der Waals surface area contributed by atoms with Gasteiger partial charge in [0.15, 0.2) is 0 Å². The number of carbonyl (C=O) groups is 1. The lowest BCUT2D eigenvalue weighted by atomic mass is 10.1. The van der Waals surface area contributed by atoms with Crippen LogP contribution in [0.3, 0.4) is 0 Å². The van der Waals surface area contributed by atoms with E-state index in [4.69, 9.17) is 4.98 Å². The third-order valence-corrected chi connectivity index (χ3v) is 5.20. The molecule has 4 heteroatoms. The molecule has 2 aromatic carbocycles. The highest BCUT2D eigenvalue weighted by Gasteiger charge is 2.31. The molecule has 24 heavy (non-hydrogen) atoms. The lowest BCUT2D eigenvalue weighted by molar-refractivity contribution is -0.117. The van der Waals surface area contributed by atoms with Crippen LogP contribution in [-0.2, 0) is 11.2 Å². The monoisotopic (exact) mass is 334 g/mol. The fourth-order valence-electron chi connectivity index (χ4n) is 3.26. The Morgan fingerprint density at radius 2 is 1.88 bits per heavy atom. The Hall–Kier alpha value is -2.46. The number of hydrogen-bond donors (Lipinski definition) is 0. The highest BCUT2D eigenvalue weighted by Crippen LogP contribution is 2.39. The van der Waals surface area contributed by atoms with E-state index < -0.39 is 0 Å². The zero-order valence-corrected chi connectivity index (χ0v) is 14.5. The standard InChI is InChI=1S/C20H18N2OS/c1-13(2)22-18-10-6-9-15(16(18)11-19(22)23)20-21-17(12-24-20)14-7-4-3-5-8-14/h3-10,12-13H,11H2,1-2H3. The molecule has 3 nitrogen and oxygen atoms in total. The quantitative estimate of drug-likeness (QED) is 0.691. The molecule has 0 fully saturated rings. The number of aromatic nitrogens is 1. The molecule has 0 radical (unpaired) electrons. The van der Waals surface area contributed by atoms with Crippen molar-refractivity contribution in [3.05, 3.63) is 59.5 Å². The normalized spacial score (nSPS) is 13.6. The van der Waals surface area contributed by atoms with E-state index in [1.165, 1.54) is 0 Å². The SMILES string of the molecule is CC(C)N1C(=O)Cc2c(-c3nc(-c4ccccc4)cs3)cccc21. The van der Waals surface area contributed by atoms with Crippen molar-refractivity contribution in [2.24, 2.45) is 0 Å². The second-order valence-electron chi connectivity index (χ2n) is 6.24. The molecule has 0 saturated carbocycles. The molecule has 120 valence electrons. The van der Waals surface area contributed by atoms with Gasteiger partial charge in [0.05, 0.1) is 12.1 Å². The van der Waals surface area contributed by atoms with E-state index in [0.717, 1.165) is 33.1 Å². The Bertz CT molecular complexity index is 899. The van der Waals surface area contributed by atoms with Gasteiger partial charge in [-0.15, -0.1) is 11.3 Å². The lowest BCUT2D eigenvalue weighted by Crippen LogP contribution is -2.33. The van der Waals surface area contributed by atoms with E-state index in [-0.39, 0.29) is 11.9 Å². The predicted octanol–water partition coefficient (Wildman–Crippen LogP) is 4.77. The third kappa shape index (κ3) is 2.43. The number of fused-ring (bicyclic) bond motifs is 1. The first-order valence-electron chi connectivity index (χ1n) is 8.10. The Labute approximate surface area is 145 Å². The van der Waals surface area contributed by atoms with Gasteiger partial charge < -0.3 is 4.90 Å². The highest BCUT2D eigenvalue weighted by molar-refractivity contribution is 7.13. The summed E-state index contributed by atoms with van der Waals surface area (Å²) in [5.74, 6) is 0.173. The van der Waals surface area contributed by atoms with Crippen molar-refractivity contribution < 1.29 is 4.79 Å². The minimum absolute atomic E-state index is 0.171. The van der Waals surface area contributed by atoms with Crippen molar-refractivity contribution in [2.45, 2.75) is 26.3 Å². The summed E-state index contributed by atoms with van der Waals surface area (Å²) in [5, 5.41) is 3.06. The summed E-state index contributed by atoms with van der Waals surface area (Å²) in [5.41, 5.74) is 5.32. The number of carbonyl (C=O) groups excluding carboxylic acids is 1. The van der Waals surface area contributed by atoms with E-state index in [2.05, 4.69) is 37.4 Å². The third-order valence-electron chi connectivity index (χ3n) is 4.33. The van der Waals surface area contributed by atoms with Gasteiger partial charge in [0, 0.05) is 28.2 Å². The van der Waals surface area contributed by atoms with Crippen molar-refractivity contribution in [3.63, 3.8) is 0 Å². The van der Waals surface area contributed by atoms with E-state index in [1.54, 1.807) is 11.3 Å². The molecule has 3 aromatic rings. The van der Waals surface area contributed by atoms with Crippen molar-refractivity contribution in [1.82, 2.24) is 4.98 Å². The Balaban J connectivity index is 1.78. The first-order valence-corrected chi connectivity index (χ1v) is 8.98. The molecular weight excluding hydrogens is 316 g/mol. The Morgan fingerprint density at radius 3 is 2.62 bits per heavy atom. The molecule has 4 rings (SSSR count). The van der Waals surface area contributed by atoms with Gasteiger partial charge in [-0.25, -0.2) is 4.98 Å². The van der Waals surface area contributed by atoms with Crippen LogP contribution in [0.1, 0.15) is 19.4 Å². The van der Waals surface area contributed by atoms with Crippen LogP contribution in [0.5, 0.6) is 0 Å². The van der Waals surface area contributed by atoms with Crippen molar-refractivity contribution >= 4 is 22.9 Å². The van der Waals surface area contributed by atoms with Crippen LogP contribution in [0, 0.1) is 0 Å². The lowest BCUT2D eigenvalue weighted by Gasteiger charge is -2.22. The fourth-order valence-corrected chi connectivity index (χ4v) is 4.14. The Morgan fingerprint density at radius 1 is 1.08 bits per heavy atom. The smallest absolute Gasteiger partial charge is 0.231 e. The van der Waals surface area contributed by atoms with Gasteiger partial charge in [0.25, 0.3) is 0 Å².